The number of aryl methyl sites for hydroxylation is 1. The van der Waals surface area contributed by atoms with E-state index in [1.54, 1.807) is 24.7 Å². The van der Waals surface area contributed by atoms with E-state index in [9.17, 15) is 4.79 Å². The molecule has 6 nitrogen and oxygen atoms in total. The summed E-state index contributed by atoms with van der Waals surface area (Å²) in [5, 5.41) is 6.85. The molecule has 0 aliphatic rings. The lowest BCUT2D eigenvalue weighted by molar-refractivity contribution is 1.09. The average Bonchev–Trinajstić information content (AvgIpc) is 2.81. The highest BCUT2D eigenvalue weighted by Gasteiger charge is 2.16. The first-order valence-corrected chi connectivity index (χ1v) is 6.11. The fourth-order valence-corrected chi connectivity index (χ4v) is 2.13. The van der Waals surface area contributed by atoms with Crippen molar-refractivity contribution in [1.29, 1.82) is 0 Å². The molecule has 0 fully saturated rings. The van der Waals surface area contributed by atoms with E-state index in [-0.39, 0.29) is 5.43 Å². The van der Waals surface area contributed by atoms with Gasteiger partial charge in [-0.25, -0.2) is 0 Å². The molecule has 0 bridgehead atoms. The summed E-state index contributed by atoms with van der Waals surface area (Å²) >= 11 is 0. The summed E-state index contributed by atoms with van der Waals surface area (Å²) in [6.45, 7) is 1.83. The second kappa shape index (κ2) is 4.65. The fraction of sp³-hybridized carbons (Fsp3) is 0.0714. The van der Waals surface area contributed by atoms with Crippen LogP contribution in [0, 0.1) is 6.92 Å². The summed E-state index contributed by atoms with van der Waals surface area (Å²) in [5.41, 5.74) is 9.32. The van der Waals surface area contributed by atoms with Gasteiger partial charge in [0, 0.05) is 30.4 Å². The highest BCUT2D eigenvalue weighted by Crippen LogP contribution is 2.32. The minimum absolute atomic E-state index is 0.0831. The van der Waals surface area contributed by atoms with Gasteiger partial charge in [0.25, 0.3) is 0 Å². The van der Waals surface area contributed by atoms with Crippen molar-refractivity contribution in [3.8, 4) is 22.4 Å². The van der Waals surface area contributed by atoms with Crippen LogP contribution in [-0.2, 0) is 0 Å². The lowest BCUT2D eigenvalue weighted by Gasteiger charge is -2.04. The van der Waals surface area contributed by atoms with Crippen molar-refractivity contribution in [3.63, 3.8) is 0 Å². The summed E-state index contributed by atoms with van der Waals surface area (Å²) in [4.78, 5) is 19.1. The third-order valence-corrected chi connectivity index (χ3v) is 3.09. The van der Waals surface area contributed by atoms with Crippen LogP contribution in [0.15, 0.2) is 41.6 Å². The Balaban J connectivity index is 2.24. The standard InChI is InChI=1S/C14H13N5O/c1-8-6-11(20)10(7-17-8)13-12(14(15)19-18-13)9-2-4-16-5-3-9/h2-7H,1H3,(H,17,20)(H3,15,18,19). The maximum atomic E-state index is 12.1. The lowest BCUT2D eigenvalue weighted by Crippen LogP contribution is -2.06. The number of nitrogens with one attached hydrogen (secondary N) is 2. The highest BCUT2D eigenvalue weighted by atomic mass is 16.1. The van der Waals surface area contributed by atoms with Crippen molar-refractivity contribution in [1.82, 2.24) is 20.2 Å². The van der Waals surface area contributed by atoms with E-state index in [4.69, 9.17) is 5.73 Å². The quantitative estimate of drug-likeness (QED) is 0.658. The summed E-state index contributed by atoms with van der Waals surface area (Å²) in [6.07, 6.45) is 5.01. The Morgan fingerprint density at radius 3 is 2.70 bits per heavy atom. The predicted molar refractivity (Wildman–Crippen MR) is 77.0 cm³/mol. The molecular formula is C14H13N5O. The molecule has 3 aromatic heterocycles. The van der Waals surface area contributed by atoms with Crippen LogP contribution in [0.5, 0.6) is 0 Å². The van der Waals surface area contributed by atoms with Gasteiger partial charge in [0.2, 0.25) is 0 Å². The van der Waals surface area contributed by atoms with Crippen LogP contribution in [0.2, 0.25) is 0 Å². The molecule has 100 valence electrons. The average molecular weight is 267 g/mol. The summed E-state index contributed by atoms with van der Waals surface area (Å²) in [5.74, 6) is 0.353. The topological polar surface area (TPSA) is 100 Å². The van der Waals surface area contributed by atoms with Gasteiger partial charge in [-0.1, -0.05) is 0 Å². The smallest absolute Gasteiger partial charge is 0.191 e. The SMILES string of the molecule is Cc1cc(=O)c(-c2[nH]nc(N)c2-c2ccncc2)c[nH]1. The lowest BCUT2D eigenvalue weighted by atomic mass is 10.0. The van der Waals surface area contributed by atoms with E-state index in [1.807, 2.05) is 19.1 Å². The Labute approximate surface area is 114 Å². The number of aromatic nitrogens is 4. The zero-order valence-electron chi connectivity index (χ0n) is 10.8. The molecule has 0 aromatic carbocycles. The molecule has 0 saturated heterocycles. The van der Waals surface area contributed by atoms with Crippen LogP contribution in [0.25, 0.3) is 22.4 Å². The normalized spacial score (nSPS) is 10.7. The zero-order chi connectivity index (χ0) is 14.1. The zero-order valence-corrected chi connectivity index (χ0v) is 10.8. The van der Waals surface area contributed by atoms with Crippen molar-refractivity contribution in [2.24, 2.45) is 0 Å². The number of anilines is 1. The van der Waals surface area contributed by atoms with Gasteiger partial charge in [-0.05, 0) is 24.6 Å². The van der Waals surface area contributed by atoms with Gasteiger partial charge in [-0.3, -0.25) is 14.9 Å². The van der Waals surface area contributed by atoms with E-state index < -0.39 is 0 Å². The number of nitrogen functional groups attached to an aromatic ring is 1. The molecule has 0 saturated carbocycles. The molecule has 0 amide bonds. The van der Waals surface area contributed by atoms with Gasteiger partial charge < -0.3 is 10.7 Å². The summed E-state index contributed by atoms with van der Waals surface area (Å²) in [6, 6.07) is 5.20. The van der Waals surface area contributed by atoms with Crippen molar-refractivity contribution in [3.05, 3.63) is 52.7 Å². The van der Waals surface area contributed by atoms with Gasteiger partial charge >= 0.3 is 0 Å². The van der Waals surface area contributed by atoms with Crippen LogP contribution >= 0.6 is 0 Å². The first-order valence-electron chi connectivity index (χ1n) is 6.11. The number of rotatable bonds is 2. The van der Waals surface area contributed by atoms with Gasteiger partial charge in [0.05, 0.1) is 16.8 Å². The summed E-state index contributed by atoms with van der Waals surface area (Å²) in [7, 11) is 0. The molecule has 4 N–H and O–H groups in total. The maximum Gasteiger partial charge on any atom is 0.191 e. The number of nitrogens with zero attached hydrogens (tertiary/aromatic N) is 2. The molecule has 6 heteroatoms. The van der Waals surface area contributed by atoms with Crippen LogP contribution in [0.3, 0.4) is 0 Å². The number of hydrogen-bond acceptors (Lipinski definition) is 4. The Morgan fingerprint density at radius 1 is 1.25 bits per heavy atom. The first kappa shape index (κ1) is 12.2. The highest BCUT2D eigenvalue weighted by molar-refractivity contribution is 5.87. The van der Waals surface area contributed by atoms with Crippen molar-refractivity contribution in [2.45, 2.75) is 6.92 Å². The second-order valence-electron chi connectivity index (χ2n) is 4.49. The van der Waals surface area contributed by atoms with Crippen molar-refractivity contribution < 1.29 is 0 Å². The van der Waals surface area contributed by atoms with Gasteiger partial charge in [-0.15, -0.1) is 0 Å². The first-order chi connectivity index (χ1) is 9.66. The van der Waals surface area contributed by atoms with Gasteiger partial charge in [0.15, 0.2) is 11.2 Å². The van der Waals surface area contributed by atoms with Crippen molar-refractivity contribution >= 4 is 5.82 Å². The van der Waals surface area contributed by atoms with Gasteiger partial charge in [0.1, 0.15) is 0 Å². The molecule has 3 heterocycles. The number of pyridine rings is 2. The maximum absolute atomic E-state index is 12.1. The molecule has 3 aromatic rings. The molecule has 3 rings (SSSR count). The Bertz CT molecular complexity index is 804. The molecule has 0 spiro atoms. The van der Waals surface area contributed by atoms with E-state index >= 15 is 0 Å². The second-order valence-corrected chi connectivity index (χ2v) is 4.49. The van der Waals surface area contributed by atoms with E-state index in [1.165, 1.54) is 0 Å². The fourth-order valence-electron chi connectivity index (χ4n) is 2.13. The third kappa shape index (κ3) is 1.97. The Hall–Kier alpha value is -2.89. The monoisotopic (exact) mass is 267 g/mol. The molecule has 0 unspecified atom stereocenters. The van der Waals surface area contributed by atoms with Crippen LogP contribution in [0.4, 0.5) is 5.82 Å². The van der Waals surface area contributed by atoms with Gasteiger partial charge in [-0.2, -0.15) is 5.10 Å². The van der Waals surface area contributed by atoms with E-state index in [0.29, 0.717) is 22.6 Å². The molecule has 0 atom stereocenters. The van der Waals surface area contributed by atoms with E-state index in [0.717, 1.165) is 11.3 Å². The van der Waals surface area contributed by atoms with E-state index in [2.05, 4.69) is 20.2 Å². The third-order valence-electron chi connectivity index (χ3n) is 3.09. The number of nitrogens with two attached hydrogens (primary N) is 1. The molecule has 0 aliphatic carbocycles. The molecule has 0 radical (unpaired) electrons. The Morgan fingerprint density at radius 2 is 2.00 bits per heavy atom. The minimum atomic E-state index is -0.0831. The van der Waals surface area contributed by atoms with Crippen LogP contribution < -0.4 is 11.2 Å². The van der Waals surface area contributed by atoms with Crippen molar-refractivity contribution in [2.75, 3.05) is 5.73 Å². The molecular weight excluding hydrogens is 254 g/mol. The van der Waals surface area contributed by atoms with Crippen LogP contribution in [0.1, 0.15) is 5.69 Å². The molecule has 0 aliphatic heterocycles. The minimum Gasteiger partial charge on any atom is -0.382 e. The largest absolute Gasteiger partial charge is 0.382 e. The number of H-pyrrole nitrogens is 2. The predicted octanol–water partition coefficient (Wildman–Crippen LogP) is 1.72. The number of aromatic amines is 2. The summed E-state index contributed by atoms with van der Waals surface area (Å²) < 4.78 is 0. The Kier molecular flexibility index (Phi) is 2.83. The molecule has 20 heavy (non-hydrogen) atoms. The number of hydrogen-bond donors (Lipinski definition) is 3. The van der Waals surface area contributed by atoms with Crippen LogP contribution in [-0.4, -0.2) is 20.2 Å².